The van der Waals surface area contributed by atoms with Crippen LogP contribution in [0.2, 0.25) is 0 Å². The SMILES string of the molecule is O=C(NC(=S)Nc1ccc(Cc2ccccc2)cc1)c1nc2ccccc2s1. The lowest BCUT2D eigenvalue weighted by Gasteiger charge is -2.09. The summed E-state index contributed by atoms with van der Waals surface area (Å²) in [6.07, 6.45) is 0.875. The topological polar surface area (TPSA) is 54.0 Å². The summed E-state index contributed by atoms with van der Waals surface area (Å²) in [5.41, 5.74) is 4.11. The Labute approximate surface area is 172 Å². The highest BCUT2D eigenvalue weighted by Gasteiger charge is 2.13. The van der Waals surface area contributed by atoms with Gasteiger partial charge in [-0.2, -0.15) is 0 Å². The predicted octanol–water partition coefficient (Wildman–Crippen LogP) is 5.01. The average molecular weight is 404 g/mol. The second-order valence-corrected chi connectivity index (χ2v) is 7.69. The van der Waals surface area contributed by atoms with Gasteiger partial charge in [0.1, 0.15) is 0 Å². The van der Waals surface area contributed by atoms with Gasteiger partial charge in [0.05, 0.1) is 10.2 Å². The molecule has 4 rings (SSSR count). The lowest BCUT2D eigenvalue weighted by Crippen LogP contribution is -2.34. The molecule has 4 aromatic rings. The quantitative estimate of drug-likeness (QED) is 0.470. The van der Waals surface area contributed by atoms with Crippen molar-refractivity contribution >= 4 is 50.5 Å². The van der Waals surface area contributed by atoms with Crippen molar-refractivity contribution in [2.45, 2.75) is 6.42 Å². The fourth-order valence-electron chi connectivity index (χ4n) is 2.83. The van der Waals surface area contributed by atoms with Crippen molar-refractivity contribution in [3.63, 3.8) is 0 Å². The number of anilines is 1. The second-order valence-electron chi connectivity index (χ2n) is 6.25. The van der Waals surface area contributed by atoms with Crippen molar-refractivity contribution in [1.82, 2.24) is 10.3 Å². The molecule has 28 heavy (non-hydrogen) atoms. The molecule has 0 unspecified atom stereocenters. The van der Waals surface area contributed by atoms with Crippen LogP contribution in [0.25, 0.3) is 10.2 Å². The summed E-state index contributed by atoms with van der Waals surface area (Å²) in [4.78, 5) is 16.7. The number of amides is 1. The molecule has 0 fully saturated rings. The molecule has 0 saturated carbocycles. The average Bonchev–Trinajstić information content (AvgIpc) is 3.15. The minimum absolute atomic E-state index is 0.250. The Balaban J connectivity index is 1.36. The number of thiazole rings is 1. The minimum atomic E-state index is -0.306. The Morgan fingerprint density at radius 1 is 0.893 bits per heavy atom. The van der Waals surface area contributed by atoms with E-state index in [4.69, 9.17) is 12.2 Å². The van der Waals surface area contributed by atoms with E-state index in [1.54, 1.807) is 0 Å². The van der Waals surface area contributed by atoms with Crippen LogP contribution in [-0.2, 0) is 6.42 Å². The molecule has 1 heterocycles. The van der Waals surface area contributed by atoms with Gasteiger partial charge in [-0.15, -0.1) is 11.3 Å². The molecule has 0 saturated heterocycles. The van der Waals surface area contributed by atoms with Crippen molar-refractivity contribution in [2.24, 2.45) is 0 Å². The molecule has 0 aliphatic heterocycles. The third kappa shape index (κ3) is 4.42. The molecule has 3 aromatic carbocycles. The van der Waals surface area contributed by atoms with Crippen LogP contribution in [-0.4, -0.2) is 16.0 Å². The van der Waals surface area contributed by atoms with E-state index in [2.05, 4.69) is 27.8 Å². The summed E-state index contributed by atoms with van der Waals surface area (Å²) < 4.78 is 0.973. The molecular formula is C22H17N3OS2. The molecular weight excluding hydrogens is 386 g/mol. The minimum Gasteiger partial charge on any atom is -0.332 e. The highest BCUT2D eigenvalue weighted by Crippen LogP contribution is 2.21. The largest absolute Gasteiger partial charge is 0.332 e. The molecule has 1 aromatic heterocycles. The van der Waals surface area contributed by atoms with Crippen LogP contribution in [0.1, 0.15) is 20.9 Å². The first-order valence-corrected chi connectivity index (χ1v) is 10.0. The molecule has 2 N–H and O–H groups in total. The number of benzene rings is 3. The van der Waals surface area contributed by atoms with Crippen LogP contribution in [0.15, 0.2) is 78.9 Å². The summed E-state index contributed by atoms with van der Waals surface area (Å²) >= 11 is 6.61. The van der Waals surface area contributed by atoms with Gasteiger partial charge in [-0.1, -0.05) is 54.6 Å². The number of fused-ring (bicyclic) bond motifs is 1. The van der Waals surface area contributed by atoms with Crippen LogP contribution in [0.5, 0.6) is 0 Å². The molecule has 0 aliphatic rings. The molecule has 0 aliphatic carbocycles. The molecule has 138 valence electrons. The van der Waals surface area contributed by atoms with E-state index in [0.29, 0.717) is 5.01 Å². The number of carbonyl (C=O) groups is 1. The van der Waals surface area contributed by atoms with E-state index in [-0.39, 0.29) is 11.0 Å². The Bertz CT molecular complexity index is 1090. The van der Waals surface area contributed by atoms with Gasteiger partial charge < -0.3 is 5.32 Å². The third-order valence-corrected chi connectivity index (χ3v) is 5.42. The molecule has 0 radical (unpaired) electrons. The molecule has 1 amide bonds. The van der Waals surface area contributed by atoms with Crippen molar-refractivity contribution in [2.75, 3.05) is 5.32 Å². The number of rotatable bonds is 4. The monoisotopic (exact) mass is 403 g/mol. The first-order chi connectivity index (χ1) is 13.7. The lowest BCUT2D eigenvalue weighted by atomic mass is 10.1. The van der Waals surface area contributed by atoms with Gasteiger partial charge in [0.15, 0.2) is 10.1 Å². The normalized spacial score (nSPS) is 10.6. The second kappa shape index (κ2) is 8.29. The number of hydrogen-bond acceptors (Lipinski definition) is 4. The van der Waals surface area contributed by atoms with Crippen molar-refractivity contribution in [3.05, 3.63) is 95.0 Å². The Morgan fingerprint density at radius 2 is 1.57 bits per heavy atom. The number of nitrogens with zero attached hydrogens (tertiary/aromatic N) is 1. The number of aromatic nitrogens is 1. The number of nitrogens with one attached hydrogen (secondary N) is 2. The maximum atomic E-state index is 12.4. The van der Waals surface area contributed by atoms with Gasteiger partial charge in [-0.3, -0.25) is 10.1 Å². The van der Waals surface area contributed by atoms with Crippen LogP contribution in [0.3, 0.4) is 0 Å². The van der Waals surface area contributed by atoms with Gasteiger partial charge in [-0.05, 0) is 54.0 Å². The first-order valence-electron chi connectivity index (χ1n) is 8.78. The molecule has 0 spiro atoms. The summed E-state index contributed by atoms with van der Waals surface area (Å²) in [7, 11) is 0. The lowest BCUT2D eigenvalue weighted by molar-refractivity contribution is 0.0977. The number of para-hydroxylation sites is 1. The van der Waals surface area contributed by atoms with E-state index >= 15 is 0 Å². The summed E-state index contributed by atoms with van der Waals surface area (Å²) in [6.45, 7) is 0. The van der Waals surface area contributed by atoms with Crippen LogP contribution < -0.4 is 10.6 Å². The zero-order valence-electron chi connectivity index (χ0n) is 14.9. The smallest absolute Gasteiger partial charge is 0.286 e. The number of thiocarbonyl (C=S) groups is 1. The van der Waals surface area contributed by atoms with E-state index in [1.165, 1.54) is 22.5 Å². The maximum absolute atomic E-state index is 12.4. The molecule has 4 nitrogen and oxygen atoms in total. The molecule has 0 bridgehead atoms. The summed E-state index contributed by atoms with van der Waals surface area (Å²) in [5.74, 6) is -0.306. The first kappa shape index (κ1) is 18.3. The van der Waals surface area contributed by atoms with Gasteiger partial charge in [-0.25, -0.2) is 4.98 Å². The fraction of sp³-hybridized carbons (Fsp3) is 0.0455. The highest BCUT2D eigenvalue weighted by atomic mass is 32.1. The molecule has 0 atom stereocenters. The zero-order chi connectivity index (χ0) is 19.3. The van der Waals surface area contributed by atoms with Crippen LogP contribution in [0, 0.1) is 0 Å². The van der Waals surface area contributed by atoms with Crippen LogP contribution in [0.4, 0.5) is 5.69 Å². The van der Waals surface area contributed by atoms with Crippen LogP contribution >= 0.6 is 23.6 Å². The van der Waals surface area contributed by atoms with Gasteiger partial charge in [0.25, 0.3) is 5.91 Å². The van der Waals surface area contributed by atoms with Crippen molar-refractivity contribution < 1.29 is 4.79 Å². The number of carbonyl (C=O) groups excluding carboxylic acids is 1. The van der Waals surface area contributed by atoms with E-state index < -0.39 is 0 Å². The van der Waals surface area contributed by atoms with Gasteiger partial charge >= 0.3 is 0 Å². The number of hydrogen-bond donors (Lipinski definition) is 2. The summed E-state index contributed by atoms with van der Waals surface area (Å²) in [5, 5.41) is 6.38. The predicted molar refractivity (Wildman–Crippen MR) is 119 cm³/mol. The van der Waals surface area contributed by atoms with E-state index in [1.807, 2.05) is 66.7 Å². The van der Waals surface area contributed by atoms with Crippen molar-refractivity contribution in [3.8, 4) is 0 Å². The van der Waals surface area contributed by atoms with Gasteiger partial charge in [0, 0.05) is 5.69 Å². The third-order valence-electron chi connectivity index (χ3n) is 4.18. The maximum Gasteiger partial charge on any atom is 0.286 e. The fourth-order valence-corrected chi connectivity index (χ4v) is 3.90. The van der Waals surface area contributed by atoms with E-state index in [0.717, 1.165) is 22.3 Å². The Morgan fingerprint density at radius 3 is 2.32 bits per heavy atom. The van der Waals surface area contributed by atoms with Crippen molar-refractivity contribution in [1.29, 1.82) is 0 Å². The zero-order valence-corrected chi connectivity index (χ0v) is 16.5. The Kier molecular flexibility index (Phi) is 5.41. The molecule has 6 heteroatoms. The summed E-state index contributed by atoms with van der Waals surface area (Å²) in [6, 6.07) is 26.0. The van der Waals surface area contributed by atoms with Gasteiger partial charge in [0.2, 0.25) is 0 Å². The standard InChI is InChI=1S/C22H17N3OS2/c26-20(21-24-18-8-4-5-9-19(18)28-21)25-22(27)23-17-12-10-16(11-13-17)14-15-6-2-1-3-7-15/h1-13H,14H2,(H2,23,25,26,27). The highest BCUT2D eigenvalue weighted by molar-refractivity contribution is 7.80. The Hall–Kier alpha value is -3.09. The van der Waals surface area contributed by atoms with E-state index in [9.17, 15) is 4.79 Å².